The van der Waals surface area contributed by atoms with Crippen molar-refractivity contribution in [3.63, 3.8) is 0 Å². The number of ether oxygens (including phenoxy) is 1. The van der Waals surface area contributed by atoms with Crippen LogP contribution in [0.5, 0.6) is 0 Å². The van der Waals surface area contributed by atoms with Gasteiger partial charge < -0.3 is 4.74 Å². The number of carbonyl (C=O) groups is 1. The zero-order chi connectivity index (χ0) is 9.97. The zero-order valence-corrected chi connectivity index (χ0v) is 8.58. The molecule has 0 radical (unpaired) electrons. The van der Waals surface area contributed by atoms with Gasteiger partial charge in [-0.3, -0.25) is 0 Å². The summed E-state index contributed by atoms with van der Waals surface area (Å²) in [5.74, 6) is 1.14. The Morgan fingerprint density at radius 1 is 1.36 bits per heavy atom. The molecule has 0 spiro atoms. The number of hydrogen-bond donors (Lipinski definition) is 0. The summed E-state index contributed by atoms with van der Waals surface area (Å²) in [5, 5.41) is 0. The van der Waals surface area contributed by atoms with E-state index >= 15 is 0 Å². The van der Waals surface area contributed by atoms with E-state index in [0.717, 1.165) is 11.3 Å². The van der Waals surface area contributed by atoms with Crippen molar-refractivity contribution in [1.82, 2.24) is 0 Å². The van der Waals surface area contributed by atoms with Crippen LogP contribution in [0, 0.1) is 5.92 Å². The third-order valence-electron chi connectivity index (χ3n) is 2.91. The van der Waals surface area contributed by atoms with Crippen LogP contribution in [0.1, 0.15) is 39.0 Å². The Morgan fingerprint density at radius 2 is 2.07 bits per heavy atom. The zero-order valence-electron chi connectivity index (χ0n) is 8.58. The van der Waals surface area contributed by atoms with Gasteiger partial charge >= 0.3 is 5.97 Å². The molecule has 2 nitrogen and oxygen atoms in total. The van der Waals surface area contributed by atoms with Gasteiger partial charge in [-0.15, -0.1) is 0 Å². The standard InChI is InChI=1S/C12H16O2/c1-9-7-11(12(13)14-9)8-10-5-3-2-4-6-10/h7-8,10H,2-6H2,1H3/b11-8-. The van der Waals surface area contributed by atoms with Gasteiger partial charge in [0.25, 0.3) is 0 Å². The summed E-state index contributed by atoms with van der Waals surface area (Å²) < 4.78 is 4.97. The molecule has 76 valence electrons. The highest BCUT2D eigenvalue weighted by atomic mass is 16.5. The van der Waals surface area contributed by atoms with E-state index in [1.54, 1.807) is 0 Å². The summed E-state index contributed by atoms with van der Waals surface area (Å²) in [4.78, 5) is 11.3. The van der Waals surface area contributed by atoms with E-state index in [9.17, 15) is 4.79 Å². The van der Waals surface area contributed by atoms with E-state index in [0.29, 0.717) is 5.92 Å². The summed E-state index contributed by atoms with van der Waals surface area (Å²) in [5.41, 5.74) is 0.759. The molecule has 0 atom stereocenters. The maximum atomic E-state index is 11.3. The number of esters is 1. The Balaban J connectivity index is 2.05. The van der Waals surface area contributed by atoms with Gasteiger partial charge in [0, 0.05) is 0 Å². The summed E-state index contributed by atoms with van der Waals surface area (Å²) in [6, 6.07) is 0. The van der Waals surface area contributed by atoms with Crippen molar-refractivity contribution in [2.45, 2.75) is 39.0 Å². The van der Waals surface area contributed by atoms with Gasteiger partial charge in [-0.2, -0.15) is 0 Å². The van der Waals surface area contributed by atoms with Crippen LogP contribution in [-0.2, 0) is 9.53 Å². The maximum Gasteiger partial charge on any atom is 0.343 e. The highest BCUT2D eigenvalue weighted by Gasteiger charge is 2.20. The van der Waals surface area contributed by atoms with E-state index in [1.165, 1.54) is 32.1 Å². The molecule has 0 aromatic heterocycles. The van der Waals surface area contributed by atoms with Crippen LogP contribution in [0.4, 0.5) is 0 Å². The second-order valence-corrected chi connectivity index (χ2v) is 4.16. The van der Waals surface area contributed by atoms with Crippen LogP contribution < -0.4 is 0 Å². The van der Waals surface area contributed by atoms with Crippen LogP contribution in [0.25, 0.3) is 0 Å². The van der Waals surface area contributed by atoms with Crippen molar-refractivity contribution < 1.29 is 9.53 Å². The number of carbonyl (C=O) groups excluding carboxylic acids is 1. The first-order valence-corrected chi connectivity index (χ1v) is 5.38. The fourth-order valence-electron chi connectivity index (χ4n) is 2.18. The number of allylic oxidation sites excluding steroid dienone is 2. The summed E-state index contributed by atoms with van der Waals surface area (Å²) in [7, 11) is 0. The topological polar surface area (TPSA) is 26.3 Å². The monoisotopic (exact) mass is 192 g/mol. The fraction of sp³-hybridized carbons (Fsp3) is 0.583. The normalized spacial score (nSPS) is 26.5. The van der Waals surface area contributed by atoms with Gasteiger partial charge in [0.15, 0.2) is 0 Å². The van der Waals surface area contributed by atoms with Gasteiger partial charge in [-0.25, -0.2) is 4.79 Å². The lowest BCUT2D eigenvalue weighted by Gasteiger charge is -2.17. The van der Waals surface area contributed by atoms with E-state index in [2.05, 4.69) is 6.08 Å². The van der Waals surface area contributed by atoms with Crippen LogP contribution >= 0.6 is 0 Å². The smallest absolute Gasteiger partial charge is 0.343 e. The van der Waals surface area contributed by atoms with Gasteiger partial charge in [0.1, 0.15) is 5.76 Å². The van der Waals surface area contributed by atoms with E-state index in [-0.39, 0.29) is 5.97 Å². The minimum absolute atomic E-state index is 0.173. The largest absolute Gasteiger partial charge is 0.428 e. The molecule has 1 heterocycles. The molecule has 0 amide bonds. The first kappa shape index (κ1) is 9.50. The lowest BCUT2D eigenvalue weighted by atomic mass is 9.88. The molecule has 2 rings (SSSR count). The lowest BCUT2D eigenvalue weighted by molar-refractivity contribution is -0.133. The molecule has 1 aliphatic heterocycles. The Labute approximate surface area is 84.6 Å². The number of hydrogen-bond acceptors (Lipinski definition) is 2. The van der Waals surface area contributed by atoms with Crippen molar-refractivity contribution in [3.8, 4) is 0 Å². The minimum atomic E-state index is -0.173. The molecule has 2 heteroatoms. The second-order valence-electron chi connectivity index (χ2n) is 4.16. The first-order valence-electron chi connectivity index (χ1n) is 5.38. The fourth-order valence-corrected chi connectivity index (χ4v) is 2.18. The predicted octanol–water partition coefficient (Wildman–Crippen LogP) is 2.95. The third kappa shape index (κ3) is 2.06. The number of rotatable bonds is 1. The molecule has 0 unspecified atom stereocenters. The van der Waals surface area contributed by atoms with E-state index in [1.807, 2.05) is 13.0 Å². The van der Waals surface area contributed by atoms with Crippen molar-refractivity contribution in [3.05, 3.63) is 23.5 Å². The summed E-state index contributed by atoms with van der Waals surface area (Å²) >= 11 is 0. The van der Waals surface area contributed by atoms with Crippen LogP contribution in [0.3, 0.4) is 0 Å². The third-order valence-corrected chi connectivity index (χ3v) is 2.91. The van der Waals surface area contributed by atoms with Crippen molar-refractivity contribution in [2.75, 3.05) is 0 Å². The second kappa shape index (κ2) is 3.99. The molecule has 0 aromatic carbocycles. The first-order chi connectivity index (χ1) is 6.75. The van der Waals surface area contributed by atoms with Gasteiger partial charge in [-0.05, 0) is 31.8 Å². The molecule has 0 aromatic rings. The van der Waals surface area contributed by atoms with Crippen molar-refractivity contribution in [1.29, 1.82) is 0 Å². The highest BCUT2D eigenvalue weighted by Crippen LogP contribution is 2.27. The Bertz CT molecular complexity index is 293. The van der Waals surface area contributed by atoms with E-state index in [4.69, 9.17) is 4.74 Å². The van der Waals surface area contributed by atoms with Crippen molar-refractivity contribution in [2.24, 2.45) is 5.92 Å². The molecule has 1 fully saturated rings. The summed E-state index contributed by atoms with van der Waals surface area (Å²) in [6.45, 7) is 1.82. The molecule has 14 heavy (non-hydrogen) atoms. The SMILES string of the molecule is CC1=C/C(=C/C2CCCCC2)C(=O)O1. The average Bonchev–Trinajstić information content (AvgIpc) is 2.47. The average molecular weight is 192 g/mol. The Kier molecular flexibility index (Phi) is 2.71. The van der Waals surface area contributed by atoms with Crippen LogP contribution in [0.15, 0.2) is 23.5 Å². The Hall–Kier alpha value is -1.05. The predicted molar refractivity (Wildman–Crippen MR) is 54.5 cm³/mol. The van der Waals surface area contributed by atoms with Crippen LogP contribution in [-0.4, -0.2) is 5.97 Å². The summed E-state index contributed by atoms with van der Waals surface area (Å²) in [6.07, 6.45) is 10.3. The highest BCUT2D eigenvalue weighted by molar-refractivity contribution is 5.94. The molecule has 1 aliphatic carbocycles. The molecule has 0 N–H and O–H groups in total. The van der Waals surface area contributed by atoms with Gasteiger partial charge in [0.05, 0.1) is 5.57 Å². The van der Waals surface area contributed by atoms with Crippen LogP contribution in [0.2, 0.25) is 0 Å². The van der Waals surface area contributed by atoms with Gasteiger partial charge in [-0.1, -0.05) is 25.3 Å². The minimum Gasteiger partial charge on any atom is -0.428 e. The molecule has 0 saturated heterocycles. The Morgan fingerprint density at radius 3 is 2.64 bits per heavy atom. The molecular weight excluding hydrogens is 176 g/mol. The van der Waals surface area contributed by atoms with E-state index < -0.39 is 0 Å². The quantitative estimate of drug-likeness (QED) is 0.471. The maximum absolute atomic E-state index is 11.3. The molecule has 0 bridgehead atoms. The molecular formula is C12H16O2. The number of cyclic esters (lactones) is 1. The van der Waals surface area contributed by atoms with Gasteiger partial charge in [0.2, 0.25) is 0 Å². The molecule has 2 aliphatic rings. The van der Waals surface area contributed by atoms with Crippen molar-refractivity contribution >= 4 is 5.97 Å². The molecule has 1 saturated carbocycles. The lowest BCUT2D eigenvalue weighted by Crippen LogP contribution is -2.06.